The van der Waals surface area contributed by atoms with Crippen LogP contribution in [-0.4, -0.2) is 52.0 Å². The van der Waals surface area contributed by atoms with Crippen molar-refractivity contribution in [2.75, 3.05) is 40.0 Å². The van der Waals surface area contributed by atoms with Gasteiger partial charge in [0.25, 0.3) is 0 Å². The first-order valence-corrected chi connectivity index (χ1v) is 8.10. The number of benzene rings is 1. The minimum atomic E-state index is -0.437. The van der Waals surface area contributed by atoms with Gasteiger partial charge in [0.2, 0.25) is 5.91 Å². The highest BCUT2D eigenvalue weighted by atomic mass is 35.5. The molecule has 7 heteroatoms. The number of amides is 1. The number of hydrogen-bond acceptors (Lipinski definition) is 5. The van der Waals surface area contributed by atoms with Gasteiger partial charge in [-0.25, -0.2) is 0 Å². The van der Waals surface area contributed by atoms with E-state index in [1.165, 1.54) is 0 Å². The molecule has 1 amide bonds. The molecule has 6 nitrogen and oxygen atoms in total. The number of ether oxygens (including phenoxy) is 3. The number of rotatable bonds is 5. The van der Waals surface area contributed by atoms with Crippen LogP contribution in [0.25, 0.3) is 0 Å². The summed E-state index contributed by atoms with van der Waals surface area (Å²) >= 11 is 0. The van der Waals surface area contributed by atoms with Crippen LogP contribution < -0.4 is 20.1 Å². The summed E-state index contributed by atoms with van der Waals surface area (Å²) in [4.78, 5) is 12.7. The Balaban J connectivity index is 0.00000208. The Hall–Kier alpha value is -1.50. The number of methoxy groups -OCH3 is 1. The van der Waals surface area contributed by atoms with E-state index in [9.17, 15) is 4.79 Å². The minimum absolute atomic E-state index is 0. The van der Waals surface area contributed by atoms with Crippen LogP contribution in [0.3, 0.4) is 0 Å². The van der Waals surface area contributed by atoms with Crippen molar-refractivity contribution >= 4 is 18.3 Å². The molecule has 1 fully saturated rings. The summed E-state index contributed by atoms with van der Waals surface area (Å²) in [5.74, 6) is 1.53. The van der Waals surface area contributed by atoms with Crippen molar-refractivity contribution in [2.24, 2.45) is 5.41 Å². The van der Waals surface area contributed by atoms with Crippen LogP contribution in [0.4, 0.5) is 0 Å². The molecule has 134 valence electrons. The molecule has 0 aliphatic carbocycles. The Kier molecular flexibility index (Phi) is 6.71. The molecule has 1 aromatic rings. The van der Waals surface area contributed by atoms with E-state index in [1.807, 2.05) is 24.3 Å². The molecule has 1 saturated heterocycles. The quantitative estimate of drug-likeness (QED) is 0.834. The van der Waals surface area contributed by atoms with E-state index in [1.54, 1.807) is 7.11 Å². The third-order valence-corrected chi connectivity index (χ3v) is 4.52. The number of piperidine rings is 1. The Morgan fingerprint density at radius 1 is 1.33 bits per heavy atom. The molecule has 0 saturated carbocycles. The number of fused-ring (bicyclic) bond motifs is 1. The van der Waals surface area contributed by atoms with Crippen LogP contribution in [0.5, 0.6) is 11.5 Å². The Morgan fingerprint density at radius 3 is 2.75 bits per heavy atom. The molecular weight excluding hydrogens is 332 g/mol. The summed E-state index contributed by atoms with van der Waals surface area (Å²) in [5.41, 5.74) is -0.437. The lowest BCUT2D eigenvalue weighted by Crippen LogP contribution is -2.52. The molecule has 2 N–H and O–H groups in total. The van der Waals surface area contributed by atoms with E-state index < -0.39 is 5.41 Å². The van der Waals surface area contributed by atoms with Gasteiger partial charge in [-0.05, 0) is 38.1 Å². The largest absolute Gasteiger partial charge is 0.486 e. The summed E-state index contributed by atoms with van der Waals surface area (Å²) in [6.45, 7) is 3.01. The molecule has 1 aromatic carbocycles. The zero-order valence-corrected chi connectivity index (χ0v) is 14.7. The number of carbonyl (C=O) groups is 1. The van der Waals surface area contributed by atoms with Gasteiger partial charge in [-0.3, -0.25) is 4.79 Å². The number of nitrogens with one attached hydrogen (secondary N) is 2. The standard InChI is InChI=1S/C17H24N2O4.ClH/c1-21-12-17(6-8-18-9-7-17)16(20)19-10-13-11-22-14-4-2-3-5-15(14)23-13;/h2-5,13,18H,6-12H2,1H3,(H,19,20);1H. The predicted molar refractivity (Wildman–Crippen MR) is 93.0 cm³/mol. The van der Waals surface area contributed by atoms with Crippen molar-refractivity contribution < 1.29 is 19.0 Å². The van der Waals surface area contributed by atoms with Gasteiger partial charge < -0.3 is 24.8 Å². The van der Waals surface area contributed by atoms with Crippen molar-refractivity contribution in [3.63, 3.8) is 0 Å². The Bertz CT molecular complexity index is 544. The number of carbonyl (C=O) groups excluding carboxylic acids is 1. The molecule has 0 spiro atoms. The van der Waals surface area contributed by atoms with Crippen molar-refractivity contribution in [3.8, 4) is 11.5 Å². The van der Waals surface area contributed by atoms with Crippen molar-refractivity contribution in [3.05, 3.63) is 24.3 Å². The molecule has 1 atom stereocenters. The molecule has 1 unspecified atom stereocenters. The molecule has 2 aliphatic heterocycles. The fourth-order valence-corrected chi connectivity index (χ4v) is 3.18. The highest BCUT2D eigenvalue weighted by molar-refractivity contribution is 5.85. The van der Waals surface area contributed by atoms with Gasteiger partial charge in [0.05, 0.1) is 18.6 Å². The minimum Gasteiger partial charge on any atom is -0.486 e. The first-order valence-electron chi connectivity index (χ1n) is 8.10. The average molecular weight is 357 g/mol. The SMILES string of the molecule is COCC1(C(=O)NCC2COc3ccccc3O2)CCNCC1.Cl. The maximum Gasteiger partial charge on any atom is 0.228 e. The van der Waals surface area contributed by atoms with Crippen LogP contribution in [0.1, 0.15) is 12.8 Å². The highest BCUT2D eigenvalue weighted by Crippen LogP contribution is 2.31. The van der Waals surface area contributed by atoms with Gasteiger partial charge in [-0.2, -0.15) is 0 Å². The molecule has 24 heavy (non-hydrogen) atoms. The number of hydrogen-bond donors (Lipinski definition) is 2. The van der Waals surface area contributed by atoms with E-state index in [2.05, 4.69) is 10.6 Å². The second-order valence-electron chi connectivity index (χ2n) is 6.17. The summed E-state index contributed by atoms with van der Waals surface area (Å²) < 4.78 is 16.9. The van der Waals surface area contributed by atoms with Gasteiger partial charge in [0.15, 0.2) is 11.5 Å². The summed E-state index contributed by atoms with van der Waals surface area (Å²) in [6, 6.07) is 7.58. The number of halogens is 1. The van der Waals surface area contributed by atoms with Crippen LogP contribution in [0.2, 0.25) is 0 Å². The first kappa shape index (κ1) is 18.8. The smallest absolute Gasteiger partial charge is 0.228 e. The molecule has 2 aliphatic rings. The van der Waals surface area contributed by atoms with E-state index in [0.29, 0.717) is 19.8 Å². The molecular formula is C17H25ClN2O4. The number of para-hydroxylation sites is 2. The van der Waals surface area contributed by atoms with Crippen LogP contribution in [0, 0.1) is 5.41 Å². The van der Waals surface area contributed by atoms with Crippen LogP contribution in [0.15, 0.2) is 24.3 Å². The maximum absolute atomic E-state index is 12.7. The monoisotopic (exact) mass is 356 g/mol. The second-order valence-corrected chi connectivity index (χ2v) is 6.17. The van der Waals surface area contributed by atoms with Gasteiger partial charge in [-0.15, -0.1) is 12.4 Å². The lowest BCUT2D eigenvalue weighted by molar-refractivity contribution is -0.136. The summed E-state index contributed by atoms with van der Waals surface area (Å²) in [6.07, 6.45) is 1.41. The lowest BCUT2D eigenvalue weighted by atomic mass is 9.78. The normalized spacial score (nSPS) is 21.5. The van der Waals surface area contributed by atoms with Gasteiger partial charge in [0.1, 0.15) is 12.7 Å². The molecule has 0 aromatic heterocycles. The molecule has 2 heterocycles. The second kappa shape index (κ2) is 8.55. The molecule has 0 radical (unpaired) electrons. The molecule has 0 bridgehead atoms. The third kappa shape index (κ3) is 4.12. The van der Waals surface area contributed by atoms with Gasteiger partial charge >= 0.3 is 0 Å². The Morgan fingerprint density at radius 2 is 2.04 bits per heavy atom. The fourth-order valence-electron chi connectivity index (χ4n) is 3.18. The third-order valence-electron chi connectivity index (χ3n) is 4.52. The van der Waals surface area contributed by atoms with E-state index in [-0.39, 0.29) is 24.4 Å². The van der Waals surface area contributed by atoms with Crippen LogP contribution >= 0.6 is 12.4 Å². The van der Waals surface area contributed by atoms with Crippen molar-refractivity contribution in [1.82, 2.24) is 10.6 Å². The van der Waals surface area contributed by atoms with Crippen LogP contribution in [-0.2, 0) is 9.53 Å². The van der Waals surface area contributed by atoms with E-state index in [4.69, 9.17) is 14.2 Å². The summed E-state index contributed by atoms with van der Waals surface area (Å²) in [5, 5.41) is 6.32. The van der Waals surface area contributed by atoms with Crippen molar-refractivity contribution in [2.45, 2.75) is 18.9 Å². The van der Waals surface area contributed by atoms with E-state index >= 15 is 0 Å². The average Bonchev–Trinajstić information content (AvgIpc) is 2.60. The van der Waals surface area contributed by atoms with Gasteiger partial charge in [0, 0.05) is 7.11 Å². The van der Waals surface area contributed by atoms with E-state index in [0.717, 1.165) is 37.4 Å². The highest BCUT2D eigenvalue weighted by Gasteiger charge is 2.39. The van der Waals surface area contributed by atoms with Gasteiger partial charge in [-0.1, -0.05) is 12.1 Å². The fraction of sp³-hybridized carbons (Fsp3) is 0.588. The lowest BCUT2D eigenvalue weighted by Gasteiger charge is -2.36. The topological polar surface area (TPSA) is 68.8 Å². The Labute approximate surface area is 148 Å². The van der Waals surface area contributed by atoms with Crippen molar-refractivity contribution in [1.29, 1.82) is 0 Å². The molecule has 3 rings (SSSR count). The zero-order valence-electron chi connectivity index (χ0n) is 13.9. The summed E-state index contributed by atoms with van der Waals surface area (Å²) in [7, 11) is 1.64. The zero-order chi connectivity index (χ0) is 16.1. The predicted octanol–water partition coefficient (Wildman–Crippen LogP) is 1.38. The maximum atomic E-state index is 12.7. The first-order chi connectivity index (χ1) is 11.2.